The summed E-state index contributed by atoms with van der Waals surface area (Å²) in [5.41, 5.74) is 0. The predicted octanol–water partition coefficient (Wildman–Crippen LogP) is 0.406. The molecule has 0 amide bonds. The Hall–Kier alpha value is -0.120. The lowest BCUT2D eigenvalue weighted by atomic mass is 10.5. The smallest absolute Gasteiger partial charge is 0.0428 e. The predicted molar refractivity (Wildman–Crippen MR) is 22.6 cm³/mol. The second-order valence-electron chi connectivity index (χ2n) is 0.724. The molecule has 0 aliphatic rings. The Bertz CT molecular complexity index is 8.00. The molecule has 0 aromatic carbocycles. The molecule has 0 spiro atoms. The average molecular weight is 94.1 g/mol. The van der Waals surface area contributed by atoms with E-state index in [1.165, 1.54) is 0 Å². The minimum absolute atomic E-state index is 0.319. The number of aliphatic hydroxyl groups is 1. The molecule has 0 heterocycles. The van der Waals surface area contributed by atoms with Crippen LogP contribution in [0.2, 0.25) is 0 Å². The summed E-state index contributed by atoms with van der Waals surface area (Å²) in [7, 11) is 0. The number of aliphatic hydroxyl groups excluding tert-OH is 1. The molecule has 0 radical (unpaired) electrons. The topological polar surface area (TPSA) is 60.7 Å². The summed E-state index contributed by atoms with van der Waals surface area (Å²) in [6.07, 6.45) is 0.875. The van der Waals surface area contributed by atoms with Crippen LogP contribution < -0.4 is 0 Å². The van der Waals surface area contributed by atoms with Crippen LogP contribution in [0.3, 0.4) is 0 Å². The highest BCUT2D eigenvalue weighted by molar-refractivity contribution is 4.10. The number of hydrogen-bond donors (Lipinski definition) is 3. The first-order valence-corrected chi connectivity index (χ1v) is 1.72. The van der Waals surface area contributed by atoms with E-state index in [0.29, 0.717) is 6.61 Å². The molecule has 0 bridgehead atoms. The molecule has 0 unspecified atom stereocenters. The molecule has 0 rings (SSSR count). The Balaban J connectivity index is 0. The van der Waals surface area contributed by atoms with Gasteiger partial charge in [-0.3, -0.25) is 10.5 Å². The van der Waals surface area contributed by atoms with Crippen molar-refractivity contribution in [3.05, 3.63) is 0 Å². The Morgan fingerprint density at radius 3 is 1.50 bits per heavy atom. The minimum Gasteiger partial charge on any atom is -0.396 e. The molecular formula is C3H10O3. The van der Waals surface area contributed by atoms with E-state index in [-0.39, 0.29) is 0 Å². The molecule has 6 heavy (non-hydrogen) atoms. The summed E-state index contributed by atoms with van der Waals surface area (Å²) in [5.74, 6) is 0. The molecule has 0 atom stereocenters. The Morgan fingerprint density at radius 2 is 1.50 bits per heavy atom. The summed E-state index contributed by atoms with van der Waals surface area (Å²) in [6, 6.07) is 0. The van der Waals surface area contributed by atoms with Gasteiger partial charge in [-0.05, 0) is 6.42 Å². The van der Waals surface area contributed by atoms with Crippen LogP contribution >= 0.6 is 0 Å². The van der Waals surface area contributed by atoms with Gasteiger partial charge in [0, 0.05) is 6.61 Å². The quantitative estimate of drug-likeness (QED) is 0.325. The highest BCUT2D eigenvalue weighted by atomic mass is 17.0. The molecule has 3 nitrogen and oxygen atoms in total. The molecule has 0 fully saturated rings. The third kappa shape index (κ3) is 41.6. The molecule has 3 N–H and O–H groups in total. The third-order valence-corrected chi connectivity index (χ3v) is 0.224. The fraction of sp³-hybridized carbons (Fsp3) is 1.00. The minimum atomic E-state index is 0.319. The van der Waals surface area contributed by atoms with Crippen molar-refractivity contribution in [3.8, 4) is 0 Å². The summed E-state index contributed by atoms with van der Waals surface area (Å²) in [5, 5.41) is 19.9. The molecule has 0 aromatic rings. The fourth-order valence-corrected chi connectivity index (χ4v) is 0. The SMILES string of the molecule is CCCO.OO. The van der Waals surface area contributed by atoms with Crippen LogP contribution in [0.15, 0.2) is 0 Å². The first kappa shape index (κ1) is 9.30. The van der Waals surface area contributed by atoms with Gasteiger partial charge in [-0.2, -0.15) is 0 Å². The lowest BCUT2D eigenvalue weighted by Crippen LogP contribution is -1.69. The molecule has 3 heteroatoms. The maximum absolute atomic E-state index is 7.88. The zero-order chi connectivity index (χ0) is 5.41. The Labute approximate surface area is 36.8 Å². The highest BCUT2D eigenvalue weighted by Gasteiger charge is 1.57. The van der Waals surface area contributed by atoms with E-state index in [1.807, 2.05) is 6.92 Å². The van der Waals surface area contributed by atoms with Crippen LogP contribution in [0, 0.1) is 0 Å². The maximum Gasteiger partial charge on any atom is 0.0428 e. The van der Waals surface area contributed by atoms with Crippen molar-refractivity contribution in [2.24, 2.45) is 0 Å². The molecule has 0 saturated carbocycles. The van der Waals surface area contributed by atoms with Crippen molar-refractivity contribution in [2.45, 2.75) is 13.3 Å². The van der Waals surface area contributed by atoms with Crippen molar-refractivity contribution >= 4 is 0 Å². The molecule has 0 aliphatic heterocycles. The summed E-state index contributed by atoms with van der Waals surface area (Å²) in [4.78, 5) is 0. The van der Waals surface area contributed by atoms with E-state index in [9.17, 15) is 0 Å². The second-order valence-corrected chi connectivity index (χ2v) is 0.724. The van der Waals surface area contributed by atoms with Crippen LogP contribution in [0.1, 0.15) is 13.3 Å². The van der Waals surface area contributed by atoms with Crippen molar-refractivity contribution in [1.29, 1.82) is 0 Å². The highest BCUT2D eigenvalue weighted by Crippen LogP contribution is 1.61. The van der Waals surface area contributed by atoms with E-state index < -0.39 is 0 Å². The van der Waals surface area contributed by atoms with Gasteiger partial charge in [-0.25, -0.2) is 0 Å². The van der Waals surface area contributed by atoms with Gasteiger partial charge >= 0.3 is 0 Å². The van der Waals surface area contributed by atoms with E-state index in [4.69, 9.17) is 15.6 Å². The summed E-state index contributed by atoms with van der Waals surface area (Å²) >= 11 is 0. The van der Waals surface area contributed by atoms with Crippen LogP contribution in [-0.2, 0) is 0 Å². The van der Waals surface area contributed by atoms with Gasteiger partial charge in [-0.15, -0.1) is 0 Å². The zero-order valence-corrected chi connectivity index (χ0v) is 3.76. The molecule has 0 aromatic heterocycles. The first-order valence-electron chi connectivity index (χ1n) is 1.72. The second kappa shape index (κ2) is 20.8. The van der Waals surface area contributed by atoms with Gasteiger partial charge in [-0.1, -0.05) is 6.92 Å². The largest absolute Gasteiger partial charge is 0.396 e. The van der Waals surface area contributed by atoms with Crippen LogP contribution in [-0.4, -0.2) is 22.2 Å². The van der Waals surface area contributed by atoms with Crippen LogP contribution in [0.5, 0.6) is 0 Å². The monoisotopic (exact) mass is 94.1 g/mol. The van der Waals surface area contributed by atoms with Crippen molar-refractivity contribution in [3.63, 3.8) is 0 Å². The summed E-state index contributed by atoms with van der Waals surface area (Å²) < 4.78 is 0. The van der Waals surface area contributed by atoms with Gasteiger partial charge in [0.1, 0.15) is 0 Å². The first-order chi connectivity index (χ1) is 2.91. The van der Waals surface area contributed by atoms with Gasteiger partial charge in [0.05, 0.1) is 0 Å². The Morgan fingerprint density at radius 1 is 1.33 bits per heavy atom. The van der Waals surface area contributed by atoms with Crippen LogP contribution in [0.25, 0.3) is 0 Å². The number of rotatable bonds is 1. The Kier molecular flexibility index (Phi) is 32.2. The molecular weight excluding hydrogens is 84.0 g/mol. The van der Waals surface area contributed by atoms with Crippen molar-refractivity contribution in [2.75, 3.05) is 6.61 Å². The van der Waals surface area contributed by atoms with E-state index in [1.54, 1.807) is 0 Å². The summed E-state index contributed by atoms with van der Waals surface area (Å²) in [6.45, 7) is 2.25. The average Bonchev–Trinajstić information content (AvgIpc) is 1.72. The van der Waals surface area contributed by atoms with E-state index in [0.717, 1.165) is 6.42 Å². The van der Waals surface area contributed by atoms with E-state index in [2.05, 4.69) is 0 Å². The van der Waals surface area contributed by atoms with Gasteiger partial charge < -0.3 is 5.11 Å². The molecule has 0 aliphatic carbocycles. The molecule has 40 valence electrons. The standard InChI is InChI=1S/C3H8O.H2O2/c1-2-3-4;1-2/h4H,2-3H2,1H3;1-2H. The van der Waals surface area contributed by atoms with E-state index >= 15 is 0 Å². The number of hydrogen-bond acceptors (Lipinski definition) is 3. The van der Waals surface area contributed by atoms with Crippen molar-refractivity contribution < 1.29 is 15.6 Å². The van der Waals surface area contributed by atoms with Gasteiger partial charge in [0.25, 0.3) is 0 Å². The lowest BCUT2D eigenvalue weighted by molar-refractivity contribution is -0.176. The lowest BCUT2D eigenvalue weighted by Gasteiger charge is -1.69. The van der Waals surface area contributed by atoms with Gasteiger partial charge in [0.15, 0.2) is 0 Å². The van der Waals surface area contributed by atoms with Crippen molar-refractivity contribution in [1.82, 2.24) is 0 Å². The van der Waals surface area contributed by atoms with Gasteiger partial charge in [0.2, 0.25) is 0 Å². The fourth-order valence-electron chi connectivity index (χ4n) is 0. The normalized spacial score (nSPS) is 6.00. The third-order valence-electron chi connectivity index (χ3n) is 0.224. The maximum atomic E-state index is 7.88. The zero-order valence-electron chi connectivity index (χ0n) is 3.76. The van der Waals surface area contributed by atoms with Crippen LogP contribution in [0.4, 0.5) is 0 Å². The molecule has 0 saturated heterocycles.